The van der Waals surface area contributed by atoms with Gasteiger partial charge >= 0.3 is 6.18 Å². The van der Waals surface area contributed by atoms with Crippen molar-refractivity contribution in [3.8, 4) is 11.8 Å². The predicted octanol–water partition coefficient (Wildman–Crippen LogP) is 5.23. The molecule has 5 nitrogen and oxygen atoms in total. The number of alkyl halides is 3. The van der Waals surface area contributed by atoms with Gasteiger partial charge in [0.05, 0.1) is 31.1 Å². The van der Waals surface area contributed by atoms with Crippen molar-refractivity contribution in [2.75, 3.05) is 38.2 Å². The van der Waals surface area contributed by atoms with Crippen LogP contribution in [0.25, 0.3) is 10.9 Å². The maximum Gasteiger partial charge on any atom is 0.406 e. The van der Waals surface area contributed by atoms with E-state index >= 15 is 0 Å². The molecule has 0 aliphatic carbocycles. The van der Waals surface area contributed by atoms with E-state index in [2.05, 4.69) is 27.0 Å². The van der Waals surface area contributed by atoms with Gasteiger partial charge < -0.3 is 14.6 Å². The quantitative estimate of drug-likeness (QED) is 0.517. The van der Waals surface area contributed by atoms with Gasteiger partial charge in [-0.25, -0.2) is 0 Å². The van der Waals surface area contributed by atoms with Crippen LogP contribution in [-0.2, 0) is 17.8 Å². The van der Waals surface area contributed by atoms with Gasteiger partial charge in [-0.3, -0.25) is 9.88 Å². The van der Waals surface area contributed by atoms with Gasteiger partial charge in [0, 0.05) is 42.9 Å². The van der Waals surface area contributed by atoms with Crippen molar-refractivity contribution in [3.63, 3.8) is 0 Å². The van der Waals surface area contributed by atoms with Gasteiger partial charge in [-0.2, -0.15) is 13.2 Å². The summed E-state index contributed by atoms with van der Waals surface area (Å²) >= 11 is 0. The summed E-state index contributed by atoms with van der Waals surface area (Å²) in [5.74, 6) is 5.85. The Morgan fingerprint density at radius 2 is 1.85 bits per heavy atom. The zero-order valence-corrected chi connectivity index (χ0v) is 19.9. The molecule has 3 aromatic rings. The number of aromatic nitrogens is 2. The number of hydrogen-bond donors (Lipinski definition) is 1. The van der Waals surface area contributed by atoms with Gasteiger partial charge in [-0.15, -0.1) is 0 Å². The lowest BCUT2D eigenvalue weighted by Crippen LogP contribution is -2.35. The van der Waals surface area contributed by atoms with E-state index in [4.69, 9.17) is 4.74 Å². The average molecular weight is 473 g/mol. The normalized spacial score (nSPS) is 14.2. The highest BCUT2D eigenvalue weighted by molar-refractivity contribution is 5.83. The molecular weight excluding hydrogens is 441 g/mol. The molecule has 1 saturated heterocycles. The van der Waals surface area contributed by atoms with Crippen LogP contribution in [0.2, 0.25) is 0 Å². The average Bonchev–Trinajstić information content (AvgIpc) is 3.14. The van der Waals surface area contributed by atoms with Crippen LogP contribution in [0.1, 0.15) is 30.7 Å². The van der Waals surface area contributed by atoms with Crippen molar-refractivity contribution in [1.29, 1.82) is 0 Å². The van der Waals surface area contributed by atoms with Crippen LogP contribution in [-0.4, -0.2) is 53.5 Å². The van der Waals surface area contributed by atoms with Crippen LogP contribution >= 0.6 is 0 Å². The Balaban J connectivity index is 0.00000158. The molecule has 0 saturated carbocycles. The highest BCUT2D eigenvalue weighted by Gasteiger charge is 2.29. The Morgan fingerprint density at radius 1 is 1.09 bits per heavy atom. The van der Waals surface area contributed by atoms with Crippen molar-refractivity contribution in [3.05, 3.63) is 59.5 Å². The zero-order chi connectivity index (χ0) is 24.6. The van der Waals surface area contributed by atoms with Gasteiger partial charge in [0.15, 0.2) is 0 Å². The van der Waals surface area contributed by atoms with Crippen molar-refractivity contribution in [2.24, 2.45) is 0 Å². The van der Waals surface area contributed by atoms with Gasteiger partial charge in [-0.05, 0) is 48.2 Å². The fourth-order valence-electron chi connectivity index (χ4n) is 3.82. The number of aryl methyl sites for hydroxylation is 1. The molecule has 0 atom stereocenters. The molecular formula is C26H31F3N4O. The maximum absolute atomic E-state index is 13.3. The molecule has 0 unspecified atom stereocenters. The number of anilines is 1. The number of nitrogens with zero attached hydrogens (tertiary/aromatic N) is 3. The molecule has 2 aromatic heterocycles. The highest BCUT2D eigenvalue weighted by atomic mass is 19.4. The monoisotopic (exact) mass is 472 g/mol. The van der Waals surface area contributed by atoms with E-state index in [0.29, 0.717) is 31.0 Å². The standard InChI is InChI=1S/C24H25F3N4O.C2H6/c1-18-11-21(15-28-14-18)29-6-2-3-22-13-20-12-19(16-30-7-9-32-10-8-30)4-5-23(20)31(22)17-24(25,26)27;1-2/h4-5,11-15,29H,6-10,16-17H2,1H3;1-2H3. The second kappa shape index (κ2) is 11.9. The van der Waals surface area contributed by atoms with Crippen LogP contribution in [0.4, 0.5) is 18.9 Å². The Hall–Kier alpha value is -3.02. The third-order valence-corrected chi connectivity index (χ3v) is 5.29. The fraction of sp³-hybridized carbons (Fsp3) is 0.423. The summed E-state index contributed by atoms with van der Waals surface area (Å²) in [5, 5.41) is 3.89. The first-order valence-electron chi connectivity index (χ1n) is 11.5. The second-order valence-corrected chi connectivity index (χ2v) is 7.92. The molecule has 1 N–H and O–H groups in total. The molecule has 34 heavy (non-hydrogen) atoms. The summed E-state index contributed by atoms with van der Waals surface area (Å²) in [5.41, 5.74) is 3.79. The Morgan fingerprint density at radius 3 is 2.56 bits per heavy atom. The van der Waals surface area contributed by atoms with Crippen molar-refractivity contribution < 1.29 is 17.9 Å². The number of ether oxygens (including phenoxy) is 1. The minimum Gasteiger partial charge on any atom is -0.379 e. The van der Waals surface area contributed by atoms with E-state index in [1.807, 2.05) is 39.0 Å². The first kappa shape index (κ1) is 25.6. The number of nitrogens with one attached hydrogen (secondary N) is 1. The third-order valence-electron chi connectivity index (χ3n) is 5.29. The van der Waals surface area contributed by atoms with E-state index in [1.165, 1.54) is 4.57 Å². The Bertz CT molecular complexity index is 1140. The molecule has 1 aliphatic heterocycles. The molecule has 0 radical (unpaired) electrons. The molecule has 0 bridgehead atoms. The van der Waals surface area contributed by atoms with Crippen LogP contribution in [0, 0.1) is 18.8 Å². The molecule has 4 rings (SSSR count). The second-order valence-electron chi connectivity index (χ2n) is 7.92. The molecule has 182 valence electrons. The first-order chi connectivity index (χ1) is 16.4. The van der Waals surface area contributed by atoms with E-state index < -0.39 is 12.7 Å². The SMILES string of the molecule is CC.Cc1cncc(NCC#Cc2cc3cc(CN4CCOCC4)ccc3n2CC(F)(F)F)c1. The van der Waals surface area contributed by atoms with Crippen LogP contribution < -0.4 is 5.32 Å². The van der Waals surface area contributed by atoms with Gasteiger partial charge in [0.25, 0.3) is 0 Å². The number of halogens is 3. The summed E-state index contributed by atoms with van der Waals surface area (Å²) in [6, 6.07) is 9.29. The highest BCUT2D eigenvalue weighted by Crippen LogP contribution is 2.26. The summed E-state index contributed by atoms with van der Waals surface area (Å²) < 4.78 is 46.4. The minimum atomic E-state index is -4.33. The van der Waals surface area contributed by atoms with Crippen LogP contribution in [0.3, 0.4) is 0 Å². The van der Waals surface area contributed by atoms with Crippen molar-refractivity contribution in [2.45, 2.75) is 40.0 Å². The lowest BCUT2D eigenvalue weighted by Gasteiger charge is -2.26. The van der Waals surface area contributed by atoms with E-state index in [-0.39, 0.29) is 0 Å². The number of fused-ring (bicyclic) bond motifs is 1. The number of pyridine rings is 1. The van der Waals surface area contributed by atoms with E-state index in [0.717, 1.165) is 41.8 Å². The fourth-order valence-corrected chi connectivity index (χ4v) is 3.82. The summed E-state index contributed by atoms with van der Waals surface area (Å²) in [4.78, 5) is 6.39. The van der Waals surface area contributed by atoms with Crippen LogP contribution in [0.15, 0.2) is 42.7 Å². The molecule has 8 heteroatoms. The van der Waals surface area contributed by atoms with E-state index in [1.54, 1.807) is 24.5 Å². The topological polar surface area (TPSA) is 42.3 Å². The number of rotatable bonds is 5. The molecule has 3 heterocycles. The third kappa shape index (κ3) is 7.24. The maximum atomic E-state index is 13.3. The number of benzene rings is 1. The molecule has 0 spiro atoms. The molecule has 1 aliphatic rings. The number of hydrogen-bond acceptors (Lipinski definition) is 4. The molecule has 0 amide bonds. The largest absolute Gasteiger partial charge is 0.406 e. The smallest absolute Gasteiger partial charge is 0.379 e. The zero-order valence-electron chi connectivity index (χ0n) is 19.9. The van der Waals surface area contributed by atoms with Crippen molar-refractivity contribution >= 4 is 16.6 Å². The summed E-state index contributed by atoms with van der Waals surface area (Å²) in [7, 11) is 0. The minimum absolute atomic E-state index is 0.307. The predicted molar refractivity (Wildman–Crippen MR) is 130 cm³/mol. The van der Waals surface area contributed by atoms with Gasteiger partial charge in [0.1, 0.15) is 6.54 Å². The van der Waals surface area contributed by atoms with Crippen LogP contribution in [0.5, 0.6) is 0 Å². The molecule has 1 aromatic carbocycles. The molecule has 1 fully saturated rings. The van der Waals surface area contributed by atoms with E-state index in [9.17, 15) is 13.2 Å². The number of morpholine rings is 1. The Kier molecular flexibility index (Phi) is 8.97. The lowest BCUT2D eigenvalue weighted by molar-refractivity contribution is -0.140. The first-order valence-corrected chi connectivity index (χ1v) is 11.5. The summed E-state index contributed by atoms with van der Waals surface area (Å²) in [6.45, 7) is 9.04. The summed E-state index contributed by atoms with van der Waals surface area (Å²) in [6.07, 6.45) is -0.897. The van der Waals surface area contributed by atoms with Gasteiger partial charge in [0.2, 0.25) is 0 Å². The van der Waals surface area contributed by atoms with Gasteiger partial charge in [-0.1, -0.05) is 25.8 Å². The lowest BCUT2D eigenvalue weighted by atomic mass is 10.1. The van der Waals surface area contributed by atoms with Crippen molar-refractivity contribution in [1.82, 2.24) is 14.5 Å². The Labute approximate surface area is 198 Å².